The summed E-state index contributed by atoms with van der Waals surface area (Å²) in [7, 11) is 0. The molecule has 0 spiro atoms. The van der Waals surface area contributed by atoms with Gasteiger partial charge in [0.25, 0.3) is 0 Å². The van der Waals surface area contributed by atoms with Gasteiger partial charge in [0.2, 0.25) is 0 Å². The minimum atomic E-state index is -0.589. The summed E-state index contributed by atoms with van der Waals surface area (Å²) in [4.78, 5) is 11.3. The molecule has 1 aliphatic heterocycles. The molecule has 0 saturated carbocycles. The Morgan fingerprint density at radius 3 is 1.85 bits per heavy atom. The molecule has 5 heterocycles. The summed E-state index contributed by atoms with van der Waals surface area (Å²) in [6.07, 6.45) is -0.589. The number of aromatic nitrogens is 1. The van der Waals surface area contributed by atoms with Crippen LogP contribution >= 0.6 is 22.7 Å². The predicted octanol–water partition coefficient (Wildman–Crippen LogP) is 15.1. The number of nitrogens with one attached hydrogen (secondary N) is 1. The first-order valence-electron chi connectivity index (χ1n) is 20.8. The normalized spacial score (nSPS) is 14.6. The lowest BCUT2D eigenvalue weighted by molar-refractivity contribution is 0.668. The van der Waals surface area contributed by atoms with Gasteiger partial charge >= 0.3 is 0 Å². The van der Waals surface area contributed by atoms with Crippen LogP contribution in [-0.4, -0.2) is 16.2 Å². The highest BCUT2D eigenvalue weighted by molar-refractivity contribution is 7.26. The summed E-state index contributed by atoms with van der Waals surface area (Å²) in [5, 5.41) is 15.8. The van der Waals surface area contributed by atoms with Crippen LogP contribution in [0.4, 0.5) is 0 Å². The molecule has 0 amide bonds. The number of hydrogen-bond acceptors (Lipinski definition) is 6. The van der Waals surface area contributed by atoms with Crippen LogP contribution in [0.15, 0.2) is 196 Å². The van der Waals surface area contributed by atoms with Crippen molar-refractivity contribution in [3.63, 3.8) is 0 Å². The average Bonchev–Trinajstić information content (AvgIpc) is 4.08. The van der Waals surface area contributed by atoms with Gasteiger partial charge in [-0.2, -0.15) is 0 Å². The first-order valence-corrected chi connectivity index (χ1v) is 22.5. The van der Waals surface area contributed by atoms with E-state index in [9.17, 15) is 0 Å². The summed E-state index contributed by atoms with van der Waals surface area (Å²) in [5.74, 6) is 1.53. The predicted molar refractivity (Wildman–Crippen MR) is 263 cm³/mol. The molecule has 290 valence electrons. The van der Waals surface area contributed by atoms with E-state index in [1.165, 1.54) is 61.9 Å². The molecule has 4 aromatic heterocycles. The van der Waals surface area contributed by atoms with Crippen LogP contribution in [0.25, 0.3) is 101 Å². The lowest BCUT2D eigenvalue weighted by Gasteiger charge is -2.25. The average molecular weight is 829 g/mol. The second-order valence-electron chi connectivity index (χ2n) is 16.1. The maximum absolute atomic E-state index is 6.44. The summed E-state index contributed by atoms with van der Waals surface area (Å²) >= 11 is 3.64. The molecule has 0 radical (unpaired) electrons. The molecule has 9 aromatic carbocycles. The molecule has 14 rings (SSSR count). The fourth-order valence-corrected chi connectivity index (χ4v) is 12.2. The van der Waals surface area contributed by atoms with E-state index in [1.54, 1.807) is 0 Å². The van der Waals surface area contributed by atoms with Crippen molar-refractivity contribution in [1.29, 1.82) is 0 Å². The summed E-state index contributed by atoms with van der Waals surface area (Å²) in [6.45, 7) is 0. The number of thiophene rings is 2. The Bertz CT molecular complexity index is 3980. The van der Waals surface area contributed by atoms with Gasteiger partial charge in [-0.3, -0.25) is 0 Å². The molecule has 0 saturated heterocycles. The summed E-state index contributed by atoms with van der Waals surface area (Å²) in [5.41, 5.74) is 8.08. The van der Waals surface area contributed by atoms with Crippen LogP contribution < -0.4 is 5.32 Å². The van der Waals surface area contributed by atoms with Gasteiger partial charge in [-0.1, -0.05) is 121 Å². The molecular formula is C55H32N4OS2. The molecule has 7 heteroatoms. The van der Waals surface area contributed by atoms with E-state index >= 15 is 0 Å². The van der Waals surface area contributed by atoms with Crippen molar-refractivity contribution in [2.45, 2.75) is 6.17 Å². The molecule has 13 aromatic rings. The van der Waals surface area contributed by atoms with Gasteiger partial charge in [-0.25, -0.2) is 9.98 Å². The van der Waals surface area contributed by atoms with E-state index in [4.69, 9.17) is 14.4 Å². The molecule has 0 fully saturated rings. The standard InChI is InChI=1S/C55H32N4OS2/c1-2-12-32-28-45-42(27-31(32)11-1)35-13-3-7-17-43(35)59(45)44-26-25-41-39-16-6-10-20-49(39)62-52(41)51(44)55-57-53(33-21-23-37-36-14-4-8-18-46(36)60-47(37)29-33)56-54(58-55)34-22-24-40-38-15-5-9-19-48(38)61-50(40)30-34/h1-30,55H,(H,56,57,58). The molecule has 1 N–H and O–H groups in total. The van der Waals surface area contributed by atoms with Crippen LogP contribution in [0.5, 0.6) is 0 Å². The first kappa shape index (κ1) is 34.2. The number of hydrogen-bond donors (Lipinski definition) is 1. The third-order valence-corrected chi connectivity index (χ3v) is 15.0. The van der Waals surface area contributed by atoms with E-state index in [-0.39, 0.29) is 0 Å². The van der Waals surface area contributed by atoms with Crippen molar-refractivity contribution in [2.24, 2.45) is 9.98 Å². The Hall–Kier alpha value is -7.58. The van der Waals surface area contributed by atoms with Gasteiger partial charge in [0.05, 0.1) is 16.7 Å². The third-order valence-electron chi connectivity index (χ3n) is 12.6. The molecule has 0 bridgehead atoms. The van der Waals surface area contributed by atoms with E-state index in [1.807, 2.05) is 34.8 Å². The van der Waals surface area contributed by atoms with Gasteiger partial charge in [0, 0.05) is 78.6 Å². The Balaban J connectivity index is 1.06. The van der Waals surface area contributed by atoms with Crippen molar-refractivity contribution in [1.82, 2.24) is 9.88 Å². The Kier molecular flexibility index (Phi) is 7.14. The van der Waals surface area contributed by atoms with Crippen LogP contribution in [0.1, 0.15) is 22.9 Å². The number of para-hydroxylation sites is 2. The Morgan fingerprint density at radius 1 is 0.435 bits per heavy atom. The van der Waals surface area contributed by atoms with Crippen molar-refractivity contribution in [3.05, 3.63) is 199 Å². The minimum absolute atomic E-state index is 0.589. The van der Waals surface area contributed by atoms with Crippen LogP contribution in [0, 0.1) is 0 Å². The van der Waals surface area contributed by atoms with Crippen molar-refractivity contribution >= 4 is 129 Å². The number of nitrogens with zero attached hydrogens (tertiary/aromatic N) is 3. The smallest absolute Gasteiger partial charge is 0.173 e. The number of furan rings is 1. The fraction of sp³-hybridized carbons (Fsp3) is 0.0182. The molecular weight excluding hydrogens is 797 g/mol. The number of rotatable bonds is 4. The van der Waals surface area contributed by atoms with Crippen LogP contribution in [0.2, 0.25) is 0 Å². The molecule has 1 aliphatic rings. The SMILES string of the molecule is c1ccc2cc3c(cc2c1)c1ccccc1n3-c1ccc2c(sc3ccccc32)c1C1N=C(c2ccc3c(c2)oc2ccccc23)NC(c2ccc3c(c2)sc2ccccc23)=N1. The highest BCUT2D eigenvalue weighted by atomic mass is 32.1. The zero-order valence-electron chi connectivity index (χ0n) is 33.0. The van der Waals surface area contributed by atoms with Crippen LogP contribution in [0.3, 0.4) is 0 Å². The largest absolute Gasteiger partial charge is 0.456 e. The fourth-order valence-electron chi connectivity index (χ4n) is 9.78. The van der Waals surface area contributed by atoms with Gasteiger partial charge < -0.3 is 14.3 Å². The van der Waals surface area contributed by atoms with Gasteiger partial charge in [-0.05, 0) is 71.4 Å². The van der Waals surface area contributed by atoms with Gasteiger partial charge in [0.15, 0.2) is 6.17 Å². The topological polar surface area (TPSA) is 54.8 Å². The number of amidine groups is 2. The summed E-state index contributed by atoms with van der Waals surface area (Å²) < 4.78 is 13.8. The third kappa shape index (κ3) is 5.00. The van der Waals surface area contributed by atoms with Crippen LogP contribution in [-0.2, 0) is 0 Å². The molecule has 62 heavy (non-hydrogen) atoms. The van der Waals surface area contributed by atoms with E-state index in [0.29, 0.717) is 0 Å². The van der Waals surface area contributed by atoms with E-state index < -0.39 is 6.17 Å². The molecule has 0 aliphatic carbocycles. The second kappa shape index (κ2) is 13.0. The van der Waals surface area contributed by atoms with Crippen molar-refractivity contribution in [3.8, 4) is 5.69 Å². The minimum Gasteiger partial charge on any atom is -0.456 e. The van der Waals surface area contributed by atoms with E-state index in [2.05, 4.69) is 180 Å². The van der Waals surface area contributed by atoms with Gasteiger partial charge in [0.1, 0.15) is 22.8 Å². The number of benzene rings is 9. The van der Waals surface area contributed by atoms with Crippen molar-refractivity contribution in [2.75, 3.05) is 0 Å². The Morgan fingerprint density at radius 2 is 1.03 bits per heavy atom. The monoisotopic (exact) mass is 828 g/mol. The van der Waals surface area contributed by atoms with Gasteiger partial charge in [-0.15, -0.1) is 22.7 Å². The highest BCUT2D eigenvalue weighted by Crippen LogP contribution is 2.46. The molecule has 1 atom stereocenters. The second-order valence-corrected chi connectivity index (χ2v) is 18.3. The zero-order valence-corrected chi connectivity index (χ0v) is 34.6. The quantitative estimate of drug-likeness (QED) is 0.192. The zero-order chi connectivity index (χ0) is 40.5. The maximum Gasteiger partial charge on any atom is 0.173 e. The molecule has 1 unspecified atom stereocenters. The van der Waals surface area contributed by atoms with Crippen molar-refractivity contribution < 1.29 is 4.42 Å². The Labute approximate surface area is 362 Å². The lowest BCUT2D eigenvalue weighted by atomic mass is 10.0. The molecule has 5 nitrogen and oxygen atoms in total. The van der Waals surface area contributed by atoms with E-state index in [0.717, 1.165) is 67.0 Å². The first-order chi connectivity index (χ1) is 30.7. The maximum atomic E-state index is 6.44. The number of aliphatic imine (C=N–C) groups is 2. The summed E-state index contributed by atoms with van der Waals surface area (Å²) in [6, 6.07) is 65.5. The number of fused-ring (bicyclic) bond motifs is 13. The lowest BCUT2D eigenvalue weighted by Crippen LogP contribution is -2.36. The highest BCUT2D eigenvalue weighted by Gasteiger charge is 2.29.